The van der Waals surface area contributed by atoms with Gasteiger partial charge in [0, 0.05) is 17.5 Å². The molecule has 0 aliphatic rings. The van der Waals surface area contributed by atoms with Gasteiger partial charge >= 0.3 is 0 Å². The summed E-state index contributed by atoms with van der Waals surface area (Å²) in [6, 6.07) is 20.3. The minimum Gasteiger partial charge on any atom is -0.329 e. The Morgan fingerprint density at radius 2 is 1.71 bits per heavy atom. The van der Waals surface area contributed by atoms with Crippen molar-refractivity contribution in [2.75, 3.05) is 6.54 Å². The van der Waals surface area contributed by atoms with Crippen molar-refractivity contribution in [2.45, 2.75) is 25.7 Å². The molecule has 1 heterocycles. The lowest BCUT2D eigenvalue weighted by molar-refractivity contribution is 0.706. The van der Waals surface area contributed by atoms with Crippen LogP contribution in [0, 0.1) is 0 Å². The first-order valence-electron chi connectivity index (χ1n) is 8.21. The highest BCUT2D eigenvalue weighted by molar-refractivity contribution is 6.30. The molecule has 0 fully saturated rings. The summed E-state index contributed by atoms with van der Waals surface area (Å²) < 4.78 is 2.02. The summed E-state index contributed by atoms with van der Waals surface area (Å²) >= 11 is 6.03. The van der Waals surface area contributed by atoms with E-state index in [1.54, 1.807) is 0 Å². The van der Waals surface area contributed by atoms with E-state index in [1.807, 2.05) is 47.1 Å². The predicted octanol–water partition coefficient (Wildman–Crippen LogP) is 4.74. The molecule has 3 nitrogen and oxygen atoms in total. The van der Waals surface area contributed by atoms with Gasteiger partial charge in [-0.1, -0.05) is 55.8 Å². The summed E-state index contributed by atoms with van der Waals surface area (Å²) in [5, 5.41) is 5.56. The first kappa shape index (κ1) is 16.7. The highest BCUT2D eigenvalue weighted by Gasteiger charge is 2.21. The summed E-state index contributed by atoms with van der Waals surface area (Å²) in [5.41, 5.74) is 10.5. The predicted molar refractivity (Wildman–Crippen MR) is 100 cm³/mol. The molecule has 2 aromatic carbocycles. The van der Waals surface area contributed by atoms with Gasteiger partial charge < -0.3 is 5.73 Å². The number of hydrogen-bond acceptors (Lipinski definition) is 2. The van der Waals surface area contributed by atoms with Gasteiger partial charge in [0.1, 0.15) is 0 Å². The van der Waals surface area contributed by atoms with E-state index < -0.39 is 0 Å². The van der Waals surface area contributed by atoms with Crippen LogP contribution in [0.2, 0.25) is 5.02 Å². The molecule has 124 valence electrons. The standard InChI is InChI=1S/C20H22ClN3/c1-14(2)19-12-20(24(23-19)17-6-4-3-5-7-17)18(13-22)15-8-10-16(21)11-9-15/h3-12,14,18H,13,22H2,1-2H3. The second-order valence-corrected chi connectivity index (χ2v) is 6.67. The molecule has 1 unspecified atom stereocenters. The Kier molecular flexibility index (Phi) is 5.03. The fourth-order valence-corrected chi connectivity index (χ4v) is 2.97. The number of aromatic nitrogens is 2. The maximum atomic E-state index is 6.13. The highest BCUT2D eigenvalue weighted by atomic mass is 35.5. The van der Waals surface area contributed by atoms with Gasteiger partial charge in [0.2, 0.25) is 0 Å². The van der Waals surface area contributed by atoms with Gasteiger partial charge in [-0.25, -0.2) is 4.68 Å². The van der Waals surface area contributed by atoms with Gasteiger partial charge in [-0.3, -0.25) is 0 Å². The zero-order valence-electron chi connectivity index (χ0n) is 14.0. The molecule has 0 amide bonds. The van der Waals surface area contributed by atoms with Crippen molar-refractivity contribution in [1.29, 1.82) is 0 Å². The van der Waals surface area contributed by atoms with E-state index in [2.05, 4.69) is 32.0 Å². The third-order valence-electron chi connectivity index (χ3n) is 4.21. The number of nitrogens with two attached hydrogens (primary N) is 1. The Balaban J connectivity index is 2.12. The molecule has 0 radical (unpaired) electrons. The SMILES string of the molecule is CC(C)c1cc(C(CN)c2ccc(Cl)cc2)n(-c2ccccc2)n1. The molecule has 1 atom stereocenters. The number of benzene rings is 2. The summed E-state index contributed by atoms with van der Waals surface area (Å²) in [4.78, 5) is 0. The van der Waals surface area contributed by atoms with Crippen LogP contribution < -0.4 is 5.73 Å². The van der Waals surface area contributed by atoms with Crippen LogP contribution in [0.1, 0.15) is 42.6 Å². The zero-order chi connectivity index (χ0) is 17.1. The maximum Gasteiger partial charge on any atom is 0.0657 e. The Hall–Kier alpha value is -2.10. The molecule has 0 aliphatic carbocycles. The second-order valence-electron chi connectivity index (χ2n) is 6.24. The van der Waals surface area contributed by atoms with Crippen LogP contribution >= 0.6 is 11.6 Å². The van der Waals surface area contributed by atoms with Gasteiger partial charge in [-0.05, 0) is 41.8 Å². The summed E-state index contributed by atoms with van der Waals surface area (Å²) in [7, 11) is 0. The molecule has 4 heteroatoms. The zero-order valence-corrected chi connectivity index (χ0v) is 14.7. The van der Waals surface area contributed by atoms with Crippen molar-refractivity contribution in [2.24, 2.45) is 5.73 Å². The van der Waals surface area contributed by atoms with Crippen molar-refractivity contribution >= 4 is 11.6 Å². The Labute approximate surface area is 148 Å². The largest absolute Gasteiger partial charge is 0.329 e. The molecule has 1 aromatic heterocycles. The monoisotopic (exact) mass is 339 g/mol. The van der Waals surface area contributed by atoms with Crippen LogP contribution in [-0.4, -0.2) is 16.3 Å². The van der Waals surface area contributed by atoms with E-state index in [4.69, 9.17) is 22.4 Å². The van der Waals surface area contributed by atoms with Crippen LogP contribution in [0.15, 0.2) is 60.7 Å². The molecule has 0 spiro atoms. The van der Waals surface area contributed by atoms with E-state index in [-0.39, 0.29) is 5.92 Å². The lowest BCUT2D eigenvalue weighted by Crippen LogP contribution is -2.17. The first-order chi connectivity index (χ1) is 11.6. The molecule has 0 bridgehead atoms. The Morgan fingerprint density at radius 1 is 1.04 bits per heavy atom. The van der Waals surface area contributed by atoms with Crippen LogP contribution in [0.5, 0.6) is 0 Å². The average molecular weight is 340 g/mol. The van der Waals surface area contributed by atoms with Crippen molar-refractivity contribution in [3.63, 3.8) is 0 Å². The van der Waals surface area contributed by atoms with Crippen LogP contribution in [0.4, 0.5) is 0 Å². The van der Waals surface area contributed by atoms with Crippen molar-refractivity contribution in [1.82, 2.24) is 9.78 Å². The lowest BCUT2D eigenvalue weighted by Gasteiger charge is -2.17. The van der Waals surface area contributed by atoms with E-state index in [0.717, 1.165) is 27.7 Å². The van der Waals surface area contributed by atoms with E-state index in [9.17, 15) is 0 Å². The first-order valence-corrected chi connectivity index (χ1v) is 8.58. The molecule has 0 aliphatic heterocycles. The quantitative estimate of drug-likeness (QED) is 0.729. The Morgan fingerprint density at radius 3 is 2.29 bits per heavy atom. The maximum absolute atomic E-state index is 6.13. The molecule has 3 aromatic rings. The molecule has 2 N–H and O–H groups in total. The van der Waals surface area contributed by atoms with Gasteiger partial charge in [-0.2, -0.15) is 5.10 Å². The summed E-state index contributed by atoms with van der Waals surface area (Å²) in [5.74, 6) is 0.430. The van der Waals surface area contributed by atoms with Crippen molar-refractivity contribution < 1.29 is 0 Å². The Bertz CT molecular complexity index is 792. The van der Waals surface area contributed by atoms with Crippen LogP contribution in [0.25, 0.3) is 5.69 Å². The van der Waals surface area contributed by atoms with Gasteiger partial charge in [0.05, 0.1) is 17.1 Å². The molecule has 0 saturated carbocycles. The van der Waals surface area contributed by atoms with Gasteiger partial charge in [0.15, 0.2) is 0 Å². The minimum atomic E-state index is 0.0717. The normalized spacial score (nSPS) is 12.5. The van der Waals surface area contributed by atoms with E-state index in [0.29, 0.717) is 12.5 Å². The van der Waals surface area contributed by atoms with Gasteiger partial charge in [0.25, 0.3) is 0 Å². The molecule has 24 heavy (non-hydrogen) atoms. The summed E-state index contributed by atoms with van der Waals surface area (Å²) in [6.07, 6.45) is 0. The summed E-state index contributed by atoms with van der Waals surface area (Å²) in [6.45, 7) is 4.82. The number of para-hydroxylation sites is 1. The molecule has 0 saturated heterocycles. The number of nitrogens with zero attached hydrogens (tertiary/aromatic N) is 2. The highest BCUT2D eigenvalue weighted by Crippen LogP contribution is 2.29. The smallest absolute Gasteiger partial charge is 0.0657 e. The minimum absolute atomic E-state index is 0.0717. The fraction of sp³-hybridized carbons (Fsp3) is 0.250. The molecular formula is C20H22ClN3. The number of hydrogen-bond donors (Lipinski definition) is 1. The van der Waals surface area contributed by atoms with Gasteiger partial charge in [-0.15, -0.1) is 0 Å². The lowest BCUT2D eigenvalue weighted by atomic mass is 9.94. The van der Waals surface area contributed by atoms with Crippen LogP contribution in [0.3, 0.4) is 0 Å². The van der Waals surface area contributed by atoms with Crippen molar-refractivity contribution in [3.8, 4) is 5.69 Å². The fourth-order valence-electron chi connectivity index (χ4n) is 2.84. The van der Waals surface area contributed by atoms with E-state index in [1.165, 1.54) is 0 Å². The van der Waals surface area contributed by atoms with E-state index >= 15 is 0 Å². The number of rotatable bonds is 5. The third-order valence-corrected chi connectivity index (χ3v) is 4.47. The number of halogens is 1. The van der Waals surface area contributed by atoms with Crippen LogP contribution in [-0.2, 0) is 0 Å². The molecular weight excluding hydrogens is 318 g/mol. The van der Waals surface area contributed by atoms with Crippen molar-refractivity contribution in [3.05, 3.63) is 82.6 Å². The second kappa shape index (κ2) is 7.20. The molecule has 3 rings (SSSR count). The topological polar surface area (TPSA) is 43.8 Å². The average Bonchev–Trinajstić information content (AvgIpc) is 3.03. The third kappa shape index (κ3) is 3.37.